The molecule has 1 aliphatic carbocycles. The van der Waals surface area contributed by atoms with Crippen LogP contribution in [0.3, 0.4) is 0 Å². The van der Waals surface area contributed by atoms with Gasteiger partial charge in [0.05, 0.1) is 10.1 Å². The van der Waals surface area contributed by atoms with Crippen LogP contribution in [0.2, 0.25) is 0 Å². The second-order valence-electron chi connectivity index (χ2n) is 5.40. The molecule has 0 amide bonds. The Bertz CT molecular complexity index is 580. The molecule has 0 saturated heterocycles. The first-order chi connectivity index (χ1) is 8.73. The van der Waals surface area contributed by atoms with Crippen molar-refractivity contribution in [3.05, 3.63) is 29.8 Å². The lowest BCUT2D eigenvalue weighted by atomic mass is 9.93. The summed E-state index contributed by atoms with van der Waals surface area (Å²) in [6, 6.07) is 6.43. The van der Waals surface area contributed by atoms with Crippen LogP contribution in [0.25, 0.3) is 0 Å². The minimum Gasteiger partial charge on any atom is -0.382 e. The normalized spacial score (nSPS) is 18.9. The van der Waals surface area contributed by atoms with E-state index in [1.165, 1.54) is 13.8 Å². The summed E-state index contributed by atoms with van der Waals surface area (Å²) in [7, 11) is -3.17. The zero-order valence-electron chi connectivity index (χ0n) is 11.1. The van der Waals surface area contributed by atoms with Crippen LogP contribution >= 0.6 is 0 Å². The number of hydrogen-bond acceptors (Lipinski definition) is 4. The van der Waals surface area contributed by atoms with E-state index in [0.717, 1.165) is 18.4 Å². The lowest BCUT2D eigenvalue weighted by molar-refractivity contribution is -0.133. The van der Waals surface area contributed by atoms with Crippen LogP contribution in [0.15, 0.2) is 29.2 Å². The third-order valence-electron chi connectivity index (χ3n) is 3.52. The molecule has 0 aliphatic heterocycles. The van der Waals surface area contributed by atoms with E-state index in [2.05, 4.69) is 0 Å². The maximum Gasteiger partial charge on any atom is 0.181 e. The van der Waals surface area contributed by atoms with Gasteiger partial charge in [-0.2, -0.15) is 0 Å². The van der Waals surface area contributed by atoms with E-state index in [-0.39, 0.29) is 17.5 Å². The number of rotatable bonds is 5. The lowest BCUT2D eigenvalue weighted by Gasteiger charge is -2.19. The molecule has 104 valence electrons. The van der Waals surface area contributed by atoms with Gasteiger partial charge >= 0.3 is 0 Å². The molecule has 5 heteroatoms. The molecule has 1 saturated carbocycles. The topological polar surface area (TPSA) is 71.4 Å². The molecular formula is C14H18O4S. The molecule has 0 aromatic heterocycles. The van der Waals surface area contributed by atoms with Gasteiger partial charge in [-0.25, -0.2) is 8.42 Å². The van der Waals surface area contributed by atoms with Crippen molar-refractivity contribution in [3.63, 3.8) is 0 Å². The molecule has 1 aromatic rings. The van der Waals surface area contributed by atoms with Crippen LogP contribution in [0, 0.1) is 0 Å². The van der Waals surface area contributed by atoms with E-state index in [4.69, 9.17) is 0 Å². The summed E-state index contributed by atoms with van der Waals surface area (Å²) >= 11 is 0. The van der Waals surface area contributed by atoms with Crippen molar-refractivity contribution in [2.24, 2.45) is 0 Å². The quantitative estimate of drug-likeness (QED) is 0.888. The first-order valence-electron chi connectivity index (χ1n) is 6.30. The van der Waals surface area contributed by atoms with Gasteiger partial charge in [-0.05, 0) is 44.4 Å². The Morgan fingerprint density at radius 3 is 2.26 bits per heavy atom. The number of carbonyl (C=O) groups is 1. The van der Waals surface area contributed by atoms with Gasteiger partial charge in [-0.1, -0.05) is 12.1 Å². The molecule has 19 heavy (non-hydrogen) atoms. The third kappa shape index (κ3) is 3.04. The van der Waals surface area contributed by atoms with Crippen LogP contribution in [0.1, 0.15) is 32.3 Å². The van der Waals surface area contributed by atoms with Crippen molar-refractivity contribution in [3.8, 4) is 0 Å². The highest BCUT2D eigenvalue weighted by Crippen LogP contribution is 2.33. The number of ketones is 1. The lowest BCUT2D eigenvalue weighted by Crippen LogP contribution is -2.35. The van der Waals surface area contributed by atoms with Gasteiger partial charge in [0.1, 0.15) is 5.60 Å². The van der Waals surface area contributed by atoms with Gasteiger partial charge in [-0.3, -0.25) is 4.79 Å². The largest absolute Gasteiger partial charge is 0.382 e. The molecular weight excluding hydrogens is 264 g/mol. The average molecular weight is 282 g/mol. The molecule has 0 bridgehead atoms. The highest BCUT2D eigenvalue weighted by atomic mass is 32.2. The Hall–Kier alpha value is -1.20. The minimum atomic E-state index is -3.17. The molecule has 0 heterocycles. The monoisotopic (exact) mass is 282 g/mol. The molecule has 1 aromatic carbocycles. The number of carbonyl (C=O) groups excluding carboxylic acids is 1. The van der Waals surface area contributed by atoms with E-state index < -0.39 is 15.4 Å². The number of aliphatic hydroxyl groups is 1. The Kier molecular flexibility index (Phi) is 3.53. The molecule has 1 N–H and O–H groups in total. The smallest absolute Gasteiger partial charge is 0.181 e. The SMILES string of the molecule is CC(=O)C(C)(O)Cc1ccc(S(=O)(=O)C2CC2)cc1. The minimum absolute atomic E-state index is 0.187. The zero-order chi connectivity index (χ0) is 14.3. The van der Waals surface area contributed by atoms with Gasteiger partial charge in [0.2, 0.25) is 0 Å². The maximum absolute atomic E-state index is 12.0. The Morgan fingerprint density at radius 1 is 1.32 bits per heavy atom. The summed E-state index contributed by atoms with van der Waals surface area (Å²) in [4.78, 5) is 11.6. The fraction of sp³-hybridized carbons (Fsp3) is 0.500. The summed E-state index contributed by atoms with van der Waals surface area (Å²) in [5.41, 5.74) is -0.661. The fourth-order valence-corrected chi connectivity index (χ4v) is 3.55. The summed E-state index contributed by atoms with van der Waals surface area (Å²) < 4.78 is 24.0. The molecule has 0 radical (unpaired) electrons. The Labute approximate surface area is 113 Å². The van der Waals surface area contributed by atoms with Crippen molar-refractivity contribution in [1.29, 1.82) is 0 Å². The van der Waals surface area contributed by atoms with Crippen LogP contribution < -0.4 is 0 Å². The molecule has 4 nitrogen and oxygen atoms in total. The van der Waals surface area contributed by atoms with E-state index >= 15 is 0 Å². The van der Waals surface area contributed by atoms with Crippen molar-refractivity contribution in [1.82, 2.24) is 0 Å². The number of Topliss-reactive ketones (excluding diaryl/α,β-unsaturated/α-hetero) is 1. The Morgan fingerprint density at radius 2 is 1.84 bits per heavy atom. The molecule has 1 unspecified atom stereocenters. The van der Waals surface area contributed by atoms with Gasteiger partial charge in [0.15, 0.2) is 15.6 Å². The molecule has 2 rings (SSSR count). The summed E-state index contributed by atoms with van der Waals surface area (Å²) in [6.45, 7) is 2.80. The predicted molar refractivity (Wildman–Crippen MR) is 71.7 cm³/mol. The Balaban J connectivity index is 2.17. The first kappa shape index (κ1) is 14.2. The highest BCUT2D eigenvalue weighted by Gasteiger charge is 2.36. The van der Waals surface area contributed by atoms with E-state index in [0.29, 0.717) is 4.90 Å². The summed E-state index contributed by atoms with van der Waals surface area (Å²) in [6.07, 6.45) is 1.67. The first-order valence-corrected chi connectivity index (χ1v) is 7.84. The van der Waals surface area contributed by atoms with E-state index in [1.54, 1.807) is 24.3 Å². The van der Waals surface area contributed by atoms with Crippen LogP contribution in [0.5, 0.6) is 0 Å². The highest BCUT2D eigenvalue weighted by molar-refractivity contribution is 7.92. The van der Waals surface area contributed by atoms with E-state index in [1.807, 2.05) is 0 Å². The van der Waals surface area contributed by atoms with Crippen molar-refractivity contribution < 1.29 is 18.3 Å². The van der Waals surface area contributed by atoms with Crippen molar-refractivity contribution >= 4 is 15.6 Å². The van der Waals surface area contributed by atoms with Crippen LogP contribution in [-0.2, 0) is 21.1 Å². The van der Waals surface area contributed by atoms with Gasteiger partial charge < -0.3 is 5.11 Å². The maximum atomic E-state index is 12.0. The fourth-order valence-electron chi connectivity index (χ4n) is 1.89. The molecule has 1 aliphatic rings. The molecule has 1 atom stereocenters. The number of hydrogen-bond donors (Lipinski definition) is 1. The molecule has 0 spiro atoms. The van der Waals surface area contributed by atoms with Crippen LogP contribution in [0.4, 0.5) is 0 Å². The van der Waals surface area contributed by atoms with Gasteiger partial charge in [-0.15, -0.1) is 0 Å². The van der Waals surface area contributed by atoms with Crippen molar-refractivity contribution in [2.45, 2.75) is 48.9 Å². The van der Waals surface area contributed by atoms with E-state index in [9.17, 15) is 18.3 Å². The number of sulfone groups is 1. The second-order valence-corrected chi connectivity index (χ2v) is 7.62. The average Bonchev–Trinajstić information content (AvgIpc) is 3.13. The van der Waals surface area contributed by atoms with Crippen LogP contribution in [-0.4, -0.2) is 30.2 Å². The van der Waals surface area contributed by atoms with Gasteiger partial charge in [0.25, 0.3) is 0 Å². The number of benzene rings is 1. The molecule has 1 fully saturated rings. The van der Waals surface area contributed by atoms with Gasteiger partial charge in [0, 0.05) is 6.42 Å². The predicted octanol–water partition coefficient (Wildman–Crippen LogP) is 1.51. The van der Waals surface area contributed by atoms with Crippen molar-refractivity contribution in [2.75, 3.05) is 0 Å². The third-order valence-corrected chi connectivity index (χ3v) is 5.80. The second kappa shape index (κ2) is 4.72. The zero-order valence-corrected chi connectivity index (χ0v) is 11.9. The summed E-state index contributed by atoms with van der Waals surface area (Å²) in [5, 5.41) is 9.68. The summed E-state index contributed by atoms with van der Waals surface area (Å²) in [5.74, 6) is -0.304. The standard InChI is InChI=1S/C14H18O4S/c1-10(15)14(2,16)9-11-3-5-12(6-4-11)19(17,18)13-7-8-13/h3-6,13,16H,7-9H2,1-2H3.